The number of benzene rings is 2. The lowest BCUT2D eigenvalue weighted by Gasteiger charge is -2.28. The van der Waals surface area contributed by atoms with Gasteiger partial charge >= 0.3 is 0 Å². The minimum Gasteiger partial charge on any atom is -0.493 e. The van der Waals surface area contributed by atoms with Gasteiger partial charge in [-0.3, -0.25) is 5.10 Å². The van der Waals surface area contributed by atoms with E-state index in [2.05, 4.69) is 63.6 Å². The number of H-pyrrole nitrogens is 1. The van der Waals surface area contributed by atoms with Gasteiger partial charge in [0.15, 0.2) is 0 Å². The first kappa shape index (κ1) is 22.1. The van der Waals surface area contributed by atoms with Gasteiger partial charge in [0.25, 0.3) is 0 Å². The lowest BCUT2D eigenvalue weighted by Crippen LogP contribution is -2.32. The van der Waals surface area contributed by atoms with Gasteiger partial charge in [-0.25, -0.2) is 9.97 Å². The predicted molar refractivity (Wildman–Crippen MR) is 135 cm³/mol. The molecule has 0 amide bonds. The Morgan fingerprint density at radius 1 is 1.09 bits per heavy atom. The summed E-state index contributed by atoms with van der Waals surface area (Å²) in [7, 11) is 2.18. The smallest absolute Gasteiger partial charge is 0.227 e. The Kier molecular flexibility index (Phi) is 6.53. The van der Waals surface area contributed by atoms with Crippen LogP contribution in [-0.4, -0.2) is 51.8 Å². The second kappa shape index (κ2) is 10.1. The van der Waals surface area contributed by atoms with Crippen molar-refractivity contribution in [1.82, 2.24) is 25.1 Å². The third kappa shape index (κ3) is 5.26. The van der Waals surface area contributed by atoms with Crippen LogP contribution in [0.25, 0.3) is 22.5 Å². The summed E-state index contributed by atoms with van der Waals surface area (Å²) >= 11 is 0. The number of anilines is 2. The third-order valence-electron chi connectivity index (χ3n) is 6.33. The molecule has 2 aromatic heterocycles. The number of nitrogens with one attached hydrogen (secondary N) is 2. The molecule has 4 aromatic rings. The largest absolute Gasteiger partial charge is 0.493 e. The highest BCUT2D eigenvalue weighted by atomic mass is 16.5. The number of aromatic nitrogens is 4. The number of piperidine rings is 1. The van der Waals surface area contributed by atoms with E-state index in [4.69, 9.17) is 9.72 Å². The Hall–Kier alpha value is -3.71. The zero-order valence-corrected chi connectivity index (χ0v) is 19.7. The molecule has 2 N–H and O–H groups in total. The van der Waals surface area contributed by atoms with Gasteiger partial charge in [-0.1, -0.05) is 35.9 Å². The molecule has 0 saturated carbocycles. The Balaban J connectivity index is 1.28. The molecule has 0 radical (unpaired) electrons. The maximum atomic E-state index is 6.10. The van der Waals surface area contributed by atoms with Crippen LogP contribution in [0.4, 0.5) is 11.6 Å². The van der Waals surface area contributed by atoms with Gasteiger partial charge in [-0.15, -0.1) is 0 Å². The fourth-order valence-corrected chi connectivity index (χ4v) is 4.23. The SMILES string of the molecule is Cc1ccc(-c2[nH]ncc2-c2ccnc(Nc3cccc(OCC4CCN(C)CC4)c3)n2)cc1. The zero-order chi connectivity index (χ0) is 23.3. The summed E-state index contributed by atoms with van der Waals surface area (Å²) in [4.78, 5) is 11.5. The summed E-state index contributed by atoms with van der Waals surface area (Å²) in [6, 6.07) is 18.2. The van der Waals surface area contributed by atoms with Gasteiger partial charge in [-0.2, -0.15) is 5.10 Å². The van der Waals surface area contributed by atoms with E-state index >= 15 is 0 Å². The van der Waals surface area contributed by atoms with E-state index in [9.17, 15) is 0 Å². The fraction of sp³-hybridized carbons (Fsp3) is 0.296. The highest BCUT2D eigenvalue weighted by Gasteiger charge is 2.17. The van der Waals surface area contributed by atoms with Crippen molar-refractivity contribution in [3.8, 4) is 28.3 Å². The van der Waals surface area contributed by atoms with Crippen LogP contribution in [0.3, 0.4) is 0 Å². The number of nitrogens with zero attached hydrogens (tertiary/aromatic N) is 4. The van der Waals surface area contributed by atoms with Crippen molar-refractivity contribution >= 4 is 11.6 Å². The van der Waals surface area contributed by atoms with Crippen LogP contribution in [0.1, 0.15) is 18.4 Å². The number of aryl methyl sites for hydroxylation is 1. The second-order valence-electron chi connectivity index (χ2n) is 9.00. The van der Waals surface area contributed by atoms with Gasteiger partial charge < -0.3 is 15.0 Å². The molecule has 0 unspecified atom stereocenters. The van der Waals surface area contributed by atoms with E-state index in [1.54, 1.807) is 12.4 Å². The van der Waals surface area contributed by atoms with E-state index in [0.29, 0.717) is 11.9 Å². The minimum absolute atomic E-state index is 0.529. The van der Waals surface area contributed by atoms with E-state index in [0.717, 1.165) is 53.6 Å². The quantitative estimate of drug-likeness (QED) is 0.394. The first-order chi connectivity index (χ1) is 16.6. The Morgan fingerprint density at radius 2 is 1.91 bits per heavy atom. The molecule has 0 atom stereocenters. The summed E-state index contributed by atoms with van der Waals surface area (Å²) in [6.45, 7) is 5.12. The van der Waals surface area contributed by atoms with Crippen LogP contribution >= 0.6 is 0 Å². The molecule has 1 aliphatic rings. The fourth-order valence-electron chi connectivity index (χ4n) is 4.23. The van der Waals surface area contributed by atoms with Crippen LogP contribution in [-0.2, 0) is 0 Å². The molecule has 1 fully saturated rings. The average molecular weight is 455 g/mol. The van der Waals surface area contributed by atoms with Gasteiger partial charge in [0, 0.05) is 29.1 Å². The average Bonchev–Trinajstić information content (AvgIpc) is 3.35. The lowest BCUT2D eigenvalue weighted by atomic mass is 9.98. The highest BCUT2D eigenvalue weighted by molar-refractivity contribution is 5.79. The number of likely N-dealkylation sites (tertiary alicyclic amines) is 1. The number of rotatable bonds is 7. The maximum absolute atomic E-state index is 6.10. The van der Waals surface area contributed by atoms with Crippen molar-refractivity contribution in [3.63, 3.8) is 0 Å². The third-order valence-corrected chi connectivity index (χ3v) is 6.33. The summed E-state index contributed by atoms with van der Waals surface area (Å²) in [5, 5.41) is 10.7. The predicted octanol–water partition coefficient (Wildman–Crippen LogP) is 5.31. The summed E-state index contributed by atoms with van der Waals surface area (Å²) in [6.07, 6.45) is 5.94. The van der Waals surface area contributed by atoms with Crippen LogP contribution in [0, 0.1) is 12.8 Å². The second-order valence-corrected chi connectivity index (χ2v) is 9.00. The van der Waals surface area contributed by atoms with Crippen molar-refractivity contribution in [1.29, 1.82) is 0 Å². The summed E-state index contributed by atoms with van der Waals surface area (Å²) in [5.74, 6) is 2.00. The van der Waals surface area contributed by atoms with Crippen molar-refractivity contribution in [2.75, 3.05) is 32.1 Å². The van der Waals surface area contributed by atoms with E-state index in [1.165, 1.54) is 18.4 Å². The van der Waals surface area contributed by atoms with Crippen LogP contribution in [0.15, 0.2) is 67.0 Å². The molecule has 2 aromatic carbocycles. The molecule has 1 aliphatic heterocycles. The number of ether oxygens (including phenoxy) is 1. The first-order valence-electron chi connectivity index (χ1n) is 11.8. The van der Waals surface area contributed by atoms with E-state index in [1.807, 2.05) is 30.3 Å². The van der Waals surface area contributed by atoms with Crippen molar-refractivity contribution in [2.24, 2.45) is 5.92 Å². The molecule has 0 bridgehead atoms. The van der Waals surface area contributed by atoms with Gasteiger partial charge in [-0.05, 0) is 64.0 Å². The molecule has 1 saturated heterocycles. The van der Waals surface area contributed by atoms with Gasteiger partial charge in [0.1, 0.15) is 5.75 Å². The summed E-state index contributed by atoms with van der Waals surface area (Å²) < 4.78 is 6.10. The summed E-state index contributed by atoms with van der Waals surface area (Å²) in [5.41, 5.74) is 5.86. The molecule has 3 heterocycles. The monoisotopic (exact) mass is 454 g/mol. The number of hydrogen-bond donors (Lipinski definition) is 2. The first-order valence-corrected chi connectivity index (χ1v) is 11.8. The van der Waals surface area contributed by atoms with Crippen LogP contribution in [0.5, 0.6) is 5.75 Å². The molecule has 174 valence electrons. The van der Waals surface area contributed by atoms with E-state index < -0.39 is 0 Å². The molecular formula is C27H30N6O. The highest BCUT2D eigenvalue weighted by Crippen LogP contribution is 2.30. The van der Waals surface area contributed by atoms with Gasteiger partial charge in [0.2, 0.25) is 5.95 Å². The Morgan fingerprint density at radius 3 is 2.74 bits per heavy atom. The Labute approximate surface area is 200 Å². The molecule has 0 spiro atoms. The zero-order valence-electron chi connectivity index (χ0n) is 19.7. The maximum Gasteiger partial charge on any atom is 0.227 e. The molecular weight excluding hydrogens is 424 g/mol. The molecule has 7 heteroatoms. The van der Waals surface area contributed by atoms with Crippen LogP contribution in [0.2, 0.25) is 0 Å². The minimum atomic E-state index is 0.529. The molecule has 5 rings (SSSR count). The van der Waals surface area contributed by atoms with Gasteiger partial charge in [0.05, 0.1) is 24.2 Å². The molecule has 7 nitrogen and oxygen atoms in total. The lowest BCUT2D eigenvalue weighted by molar-refractivity contribution is 0.160. The van der Waals surface area contributed by atoms with Crippen LogP contribution < -0.4 is 10.1 Å². The van der Waals surface area contributed by atoms with E-state index in [-0.39, 0.29) is 0 Å². The normalized spacial score (nSPS) is 14.8. The van der Waals surface area contributed by atoms with Crippen molar-refractivity contribution < 1.29 is 4.74 Å². The van der Waals surface area contributed by atoms with Crippen molar-refractivity contribution in [3.05, 3.63) is 72.6 Å². The standard InChI is InChI=1S/C27H30N6O/c1-19-6-8-21(9-7-19)26-24(17-29-32-26)25-10-13-28-27(31-25)30-22-4-3-5-23(16-22)34-18-20-11-14-33(2)15-12-20/h3-10,13,16-17,20H,11-12,14-15,18H2,1-2H3,(H,29,32)(H,28,30,31). The number of aromatic amines is 1. The van der Waals surface area contributed by atoms with Crippen molar-refractivity contribution in [2.45, 2.75) is 19.8 Å². The number of hydrogen-bond acceptors (Lipinski definition) is 6. The Bertz CT molecular complexity index is 1230. The topological polar surface area (TPSA) is 79.0 Å². The molecule has 34 heavy (non-hydrogen) atoms. The molecule has 0 aliphatic carbocycles.